The topological polar surface area (TPSA) is 3.24 Å². The van der Waals surface area contributed by atoms with E-state index < -0.39 is 0 Å². The van der Waals surface area contributed by atoms with Gasteiger partial charge in [0, 0.05) is 11.6 Å². The van der Waals surface area contributed by atoms with Crippen LogP contribution in [-0.2, 0) is 0 Å². The van der Waals surface area contributed by atoms with Crippen molar-refractivity contribution in [2.45, 2.75) is 59.0 Å². The molecule has 1 nitrogen and oxygen atoms in total. The Morgan fingerprint density at radius 1 is 1.42 bits per heavy atom. The van der Waals surface area contributed by atoms with Crippen LogP contribution in [0.1, 0.15) is 47.5 Å². The van der Waals surface area contributed by atoms with Gasteiger partial charge in [-0.2, -0.15) is 0 Å². The molecule has 0 amide bonds. The zero-order chi connectivity index (χ0) is 9.78. The zero-order valence-corrected chi connectivity index (χ0v) is 9.22. The van der Waals surface area contributed by atoms with E-state index in [1.54, 1.807) is 0 Å². The highest BCUT2D eigenvalue weighted by Gasteiger charge is 2.24. The maximum Gasteiger partial charge on any atom is 0.0340 e. The smallest absolute Gasteiger partial charge is 0.0340 e. The molecule has 1 atom stereocenters. The number of nitrogens with zero attached hydrogens (tertiary/aromatic N) is 1. The van der Waals surface area contributed by atoms with Crippen LogP contribution >= 0.6 is 0 Å². The molecule has 0 aliphatic heterocycles. The van der Waals surface area contributed by atoms with Gasteiger partial charge in [-0.3, -0.25) is 0 Å². The quantitative estimate of drug-likeness (QED) is 0.609. The normalized spacial score (nSPS) is 14.1. The van der Waals surface area contributed by atoms with Gasteiger partial charge in [0.05, 0.1) is 0 Å². The second-order valence-electron chi connectivity index (χ2n) is 4.01. The SMILES string of the molecule is C=CN(C(C)CC)C(C)(C)CC. The highest BCUT2D eigenvalue weighted by atomic mass is 15.2. The summed E-state index contributed by atoms with van der Waals surface area (Å²) >= 11 is 0. The molecule has 0 heterocycles. The Morgan fingerprint density at radius 2 is 1.92 bits per heavy atom. The second kappa shape index (κ2) is 4.54. The Hall–Kier alpha value is -0.460. The van der Waals surface area contributed by atoms with Crippen LogP contribution in [0.5, 0.6) is 0 Å². The van der Waals surface area contributed by atoms with E-state index in [0.717, 1.165) is 6.42 Å². The lowest BCUT2D eigenvalue weighted by Gasteiger charge is -2.41. The minimum atomic E-state index is 0.247. The van der Waals surface area contributed by atoms with Crippen molar-refractivity contribution in [1.29, 1.82) is 0 Å². The van der Waals surface area contributed by atoms with E-state index in [9.17, 15) is 0 Å². The monoisotopic (exact) mass is 169 g/mol. The fourth-order valence-electron chi connectivity index (χ4n) is 1.40. The second-order valence-corrected chi connectivity index (χ2v) is 4.01. The van der Waals surface area contributed by atoms with Gasteiger partial charge in [-0.05, 0) is 39.8 Å². The summed E-state index contributed by atoms with van der Waals surface area (Å²) in [7, 11) is 0. The lowest BCUT2D eigenvalue weighted by atomic mass is 9.97. The molecular formula is C11H23N. The molecule has 1 heteroatoms. The van der Waals surface area contributed by atoms with E-state index in [1.165, 1.54) is 6.42 Å². The molecule has 0 N–H and O–H groups in total. The van der Waals surface area contributed by atoms with Crippen molar-refractivity contribution in [3.8, 4) is 0 Å². The zero-order valence-electron chi connectivity index (χ0n) is 9.22. The molecule has 0 radical (unpaired) electrons. The third-order valence-corrected chi connectivity index (χ3v) is 2.83. The highest BCUT2D eigenvalue weighted by Crippen LogP contribution is 2.22. The molecular weight excluding hydrogens is 146 g/mol. The third-order valence-electron chi connectivity index (χ3n) is 2.83. The van der Waals surface area contributed by atoms with Crippen LogP contribution < -0.4 is 0 Å². The standard InChI is InChI=1S/C11H23N/c1-7-10(4)12(9-3)11(5,6)8-2/h9-10H,3,7-8H2,1-2,4-6H3. The molecule has 0 spiro atoms. The first kappa shape index (κ1) is 11.5. The van der Waals surface area contributed by atoms with Gasteiger partial charge in [-0.15, -0.1) is 0 Å². The Kier molecular flexibility index (Phi) is 4.36. The molecule has 1 unspecified atom stereocenters. The van der Waals surface area contributed by atoms with Gasteiger partial charge >= 0.3 is 0 Å². The van der Waals surface area contributed by atoms with Crippen LogP contribution in [-0.4, -0.2) is 16.5 Å². The molecule has 0 saturated carbocycles. The maximum absolute atomic E-state index is 3.87. The van der Waals surface area contributed by atoms with Crippen molar-refractivity contribution in [3.63, 3.8) is 0 Å². The number of rotatable bonds is 5. The van der Waals surface area contributed by atoms with Gasteiger partial charge in [0.2, 0.25) is 0 Å². The van der Waals surface area contributed by atoms with Crippen molar-refractivity contribution in [2.75, 3.05) is 0 Å². The molecule has 0 aliphatic rings. The van der Waals surface area contributed by atoms with Crippen molar-refractivity contribution >= 4 is 0 Å². The first-order chi connectivity index (χ1) is 5.49. The molecule has 0 aromatic rings. The molecule has 72 valence electrons. The van der Waals surface area contributed by atoms with E-state index in [4.69, 9.17) is 0 Å². The van der Waals surface area contributed by atoms with Gasteiger partial charge in [-0.1, -0.05) is 20.4 Å². The predicted octanol–water partition coefficient (Wildman–Crippen LogP) is 3.42. The molecule has 0 aromatic heterocycles. The van der Waals surface area contributed by atoms with Crippen molar-refractivity contribution in [2.24, 2.45) is 0 Å². The minimum Gasteiger partial charge on any atom is -0.370 e. The van der Waals surface area contributed by atoms with Crippen LogP contribution in [0.25, 0.3) is 0 Å². The molecule has 0 rings (SSSR count). The van der Waals surface area contributed by atoms with Gasteiger partial charge < -0.3 is 4.90 Å². The summed E-state index contributed by atoms with van der Waals surface area (Å²) in [5.74, 6) is 0. The van der Waals surface area contributed by atoms with E-state index in [2.05, 4.69) is 46.1 Å². The van der Waals surface area contributed by atoms with E-state index in [-0.39, 0.29) is 5.54 Å². The Balaban J connectivity index is 4.42. The number of hydrogen-bond acceptors (Lipinski definition) is 1. The molecule has 0 bridgehead atoms. The van der Waals surface area contributed by atoms with Crippen LogP contribution in [0.3, 0.4) is 0 Å². The summed E-state index contributed by atoms with van der Waals surface area (Å²) in [6, 6.07) is 0.595. The summed E-state index contributed by atoms with van der Waals surface area (Å²) in [6.07, 6.45) is 4.30. The third kappa shape index (κ3) is 2.54. The number of hydrogen-bond donors (Lipinski definition) is 0. The van der Waals surface area contributed by atoms with Crippen molar-refractivity contribution in [3.05, 3.63) is 12.8 Å². The minimum absolute atomic E-state index is 0.247. The Morgan fingerprint density at radius 3 is 2.17 bits per heavy atom. The van der Waals surface area contributed by atoms with Gasteiger partial charge in [0.15, 0.2) is 0 Å². The van der Waals surface area contributed by atoms with E-state index >= 15 is 0 Å². The first-order valence-corrected chi connectivity index (χ1v) is 4.90. The molecule has 0 fully saturated rings. The van der Waals surface area contributed by atoms with E-state index in [0.29, 0.717) is 6.04 Å². The fourth-order valence-corrected chi connectivity index (χ4v) is 1.40. The summed E-state index contributed by atoms with van der Waals surface area (Å²) in [5.41, 5.74) is 0.247. The average Bonchev–Trinajstić information content (AvgIpc) is 2.05. The van der Waals surface area contributed by atoms with Crippen LogP contribution in [0.4, 0.5) is 0 Å². The first-order valence-electron chi connectivity index (χ1n) is 4.90. The lowest BCUT2D eigenvalue weighted by Crippen LogP contribution is -2.44. The predicted molar refractivity (Wildman–Crippen MR) is 56.2 cm³/mol. The lowest BCUT2D eigenvalue weighted by molar-refractivity contribution is 0.130. The van der Waals surface area contributed by atoms with Crippen molar-refractivity contribution in [1.82, 2.24) is 4.90 Å². The van der Waals surface area contributed by atoms with E-state index in [1.807, 2.05) is 6.20 Å². The molecule has 0 aliphatic carbocycles. The fraction of sp³-hybridized carbons (Fsp3) is 0.818. The summed E-state index contributed by atoms with van der Waals surface area (Å²) < 4.78 is 0. The summed E-state index contributed by atoms with van der Waals surface area (Å²) in [6.45, 7) is 15.1. The van der Waals surface area contributed by atoms with Gasteiger partial charge in [-0.25, -0.2) is 0 Å². The molecule has 0 saturated heterocycles. The van der Waals surface area contributed by atoms with Crippen LogP contribution in [0.2, 0.25) is 0 Å². The summed E-state index contributed by atoms with van der Waals surface area (Å²) in [4.78, 5) is 2.35. The largest absolute Gasteiger partial charge is 0.370 e. The van der Waals surface area contributed by atoms with Crippen LogP contribution in [0, 0.1) is 0 Å². The molecule has 0 aromatic carbocycles. The highest BCUT2D eigenvalue weighted by molar-refractivity contribution is 4.89. The Labute approximate surface area is 77.5 Å². The maximum atomic E-state index is 3.87. The average molecular weight is 169 g/mol. The van der Waals surface area contributed by atoms with Gasteiger partial charge in [0.1, 0.15) is 0 Å². The summed E-state index contributed by atoms with van der Waals surface area (Å²) in [5, 5.41) is 0. The van der Waals surface area contributed by atoms with Crippen LogP contribution in [0.15, 0.2) is 12.8 Å². The Bertz CT molecular complexity index is 138. The van der Waals surface area contributed by atoms with Crippen molar-refractivity contribution < 1.29 is 0 Å². The van der Waals surface area contributed by atoms with Gasteiger partial charge in [0.25, 0.3) is 0 Å². The molecule has 12 heavy (non-hydrogen) atoms.